The summed E-state index contributed by atoms with van der Waals surface area (Å²) in [6, 6.07) is 7.84. The number of morpholine rings is 1. The second kappa shape index (κ2) is 11.4. The van der Waals surface area contributed by atoms with E-state index in [9.17, 15) is 9.59 Å². The highest BCUT2D eigenvalue weighted by molar-refractivity contribution is 5.89. The van der Waals surface area contributed by atoms with Gasteiger partial charge in [0.15, 0.2) is 0 Å². The number of rotatable bonds is 9. The van der Waals surface area contributed by atoms with E-state index in [4.69, 9.17) is 9.47 Å². The Hall–Kier alpha value is -1.96. The van der Waals surface area contributed by atoms with Crippen LogP contribution in [0.3, 0.4) is 0 Å². The Morgan fingerprint density at radius 1 is 1.15 bits per heavy atom. The maximum atomic E-state index is 12.9. The molecule has 0 radical (unpaired) electrons. The van der Waals surface area contributed by atoms with E-state index in [1.807, 2.05) is 12.1 Å². The van der Waals surface area contributed by atoms with Crippen LogP contribution in [0.15, 0.2) is 24.3 Å². The van der Waals surface area contributed by atoms with Gasteiger partial charge >= 0.3 is 5.97 Å². The first-order valence-electron chi connectivity index (χ1n) is 12.6. The van der Waals surface area contributed by atoms with Gasteiger partial charge in [-0.25, -0.2) is 4.79 Å². The topological polar surface area (TPSA) is 71.1 Å². The normalized spacial score (nSPS) is 23.6. The number of nitrogens with one attached hydrogen (secondary N) is 1. The van der Waals surface area contributed by atoms with Crippen molar-refractivity contribution in [2.24, 2.45) is 0 Å². The van der Waals surface area contributed by atoms with Gasteiger partial charge in [0, 0.05) is 44.2 Å². The Balaban J connectivity index is 1.30. The Labute approximate surface area is 197 Å². The highest BCUT2D eigenvalue weighted by Crippen LogP contribution is 2.37. The molecule has 33 heavy (non-hydrogen) atoms. The molecule has 182 valence electrons. The van der Waals surface area contributed by atoms with E-state index >= 15 is 0 Å². The molecule has 0 bridgehead atoms. The number of esters is 1. The zero-order chi connectivity index (χ0) is 23.1. The van der Waals surface area contributed by atoms with E-state index in [1.165, 1.54) is 39.2 Å². The van der Waals surface area contributed by atoms with Gasteiger partial charge in [0.2, 0.25) is 5.91 Å². The van der Waals surface area contributed by atoms with Crippen LogP contribution < -0.4 is 5.32 Å². The van der Waals surface area contributed by atoms with Crippen molar-refractivity contribution in [3.63, 3.8) is 0 Å². The van der Waals surface area contributed by atoms with Gasteiger partial charge in [-0.05, 0) is 49.9 Å². The molecule has 4 rings (SSSR count). The molecule has 1 saturated carbocycles. The number of amides is 1. The fourth-order valence-corrected chi connectivity index (χ4v) is 5.83. The van der Waals surface area contributed by atoms with E-state index in [0.717, 1.165) is 64.3 Å². The molecule has 1 aromatic carbocycles. The smallest absolute Gasteiger partial charge is 0.337 e. The Bertz CT molecular complexity index is 785. The molecule has 7 heteroatoms. The first kappa shape index (κ1) is 24.2. The summed E-state index contributed by atoms with van der Waals surface area (Å²) in [7, 11) is 1.39. The molecule has 2 saturated heterocycles. The van der Waals surface area contributed by atoms with E-state index in [0.29, 0.717) is 23.9 Å². The first-order chi connectivity index (χ1) is 16.1. The minimum absolute atomic E-state index is 0.134. The van der Waals surface area contributed by atoms with E-state index in [-0.39, 0.29) is 11.5 Å². The maximum Gasteiger partial charge on any atom is 0.337 e. The van der Waals surface area contributed by atoms with Crippen molar-refractivity contribution in [1.82, 2.24) is 15.1 Å². The molecule has 1 unspecified atom stereocenters. The first-order valence-corrected chi connectivity index (χ1v) is 12.6. The van der Waals surface area contributed by atoms with Crippen molar-refractivity contribution < 1.29 is 19.1 Å². The van der Waals surface area contributed by atoms with Crippen molar-refractivity contribution in [2.45, 2.75) is 69.5 Å². The van der Waals surface area contributed by atoms with Gasteiger partial charge in [0.1, 0.15) is 0 Å². The maximum absolute atomic E-state index is 12.9. The summed E-state index contributed by atoms with van der Waals surface area (Å²) >= 11 is 0. The van der Waals surface area contributed by atoms with E-state index in [1.54, 1.807) is 12.1 Å². The fraction of sp³-hybridized carbons (Fsp3) is 0.692. The molecule has 3 fully saturated rings. The molecule has 0 aromatic heterocycles. The van der Waals surface area contributed by atoms with Crippen LogP contribution in [-0.2, 0) is 20.8 Å². The molecule has 1 aromatic rings. The summed E-state index contributed by atoms with van der Waals surface area (Å²) in [5.74, 6) is 0.0184. The summed E-state index contributed by atoms with van der Waals surface area (Å²) in [6.07, 6.45) is 8.86. The molecule has 1 aliphatic carbocycles. The minimum atomic E-state index is -0.312. The number of carbonyl (C=O) groups excluding carboxylic acids is 2. The van der Waals surface area contributed by atoms with Crippen LogP contribution in [0, 0.1) is 0 Å². The van der Waals surface area contributed by atoms with Crippen LogP contribution in [0.1, 0.15) is 67.3 Å². The van der Waals surface area contributed by atoms with Crippen molar-refractivity contribution >= 4 is 11.9 Å². The van der Waals surface area contributed by atoms with Crippen molar-refractivity contribution in [3.8, 4) is 0 Å². The summed E-state index contributed by atoms with van der Waals surface area (Å²) < 4.78 is 10.4. The molecular weight excluding hydrogens is 418 g/mol. The second-order valence-electron chi connectivity index (χ2n) is 9.75. The minimum Gasteiger partial charge on any atom is -0.465 e. The Morgan fingerprint density at radius 3 is 2.58 bits per heavy atom. The number of carbonyl (C=O) groups is 2. The van der Waals surface area contributed by atoms with Gasteiger partial charge < -0.3 is 19.7 Å². The average Bonchev–Trinajstić information content (AvgIpc) is 3.21. The molecule has 2 heterocycles. The summed E-state index contributed by atoms with van der Waals surface area (Å²) in [6.45, 7) is 6.10. The van der Waals surface area contributed by atoms with Crippen LogP contribution in [0.2, 0.25) is 0 Å². The van der Waals surface area contributed by atoms with E-state index < -0.39 is 0 Å². The third-order valence-corrected chi connectivity index (χ3v) is 7.74. The SMILES string of the molecule is COC(=O)c1ccc(CNCCC2CCC(=O)N2CC2(N3CCOCC3)CCCCC2)cc1. The van der Waals surface area contributed by atoms with Gasteiger partial charge in [-0.1, -0.05) is 31.4 Å². The molecule has 2 aliphatic heterocycles. The zero-order valence-electron chi connectivity index (χ0n) is 20.0. The van der Waals surface area contributed by atoms with Crippen molar-refractivity contribution in [2.75, 3.05) is 46.5 Å². The number of nitrogens with zero attached hydrogens (tertiary/aromatic N) is 2. The average molecular weight is 458 g/mol. The summed E-state index contributed by atoms with van der Waals surface area (Å²) in [5.41, 5.74) is 1.84. The van der Waals surface area contributed by atoms with Crippen molar-refractivity contribution in [3.05, 3.63) is 35.4 Å². The molecule has 3 aliphatic rings. The number of likely N-dealkylation sites (tertiary alicyclic amines) is 1. The summed E-state index contributed by atoms with van der Waals surface area (Å²) in [4.78, 5) is 29.3. The molecular formula is C26H39N3O4. The third-order valence-electron chi connectivity index (χ3n) is 7.74. The lowest BCUT2D eigenvalue weighted by atomic mass is 9.79. The lowest BCUT2D eigenvalue weighted by Gasteiger charge is -2.50. The quantitative estimate of drug-likeness (QED) is 0.454. The predicted molar refractivity (Wildman–Crippen MR) is 127 cm³/mol. The zero-order valence-corrected chi connectivity index (χ0v) is 20.0. The van der Waals surface area contributed by atoms with Gasteiger partial charge in [-0.2, -0.15) is 0 Å². The highest BCUT2D eigenvalue weighted by Gasteiger charge is 2.43. The second-order valence-corrected chi connectivity index (χ2v) is 9.75. The molecule has 7 nitrogen and oxygen atoms in total. The molecule has 0 spiro atoms. The lowest BCUT2D eigenvalue weighted by Crippen LogP contribution is -2.60. The number of hydrogen-bond acceptors (Lipinski definition) is 6. The molecule has 1 amide bonds. The van der Waals surface area contributed by atoms with E-state index in [2.05, 4.69) is 15.1 Å². The van der Waals surface area contributed by atoms with Crippen molar-refractivity contribution in [1.29, 1.82) is 0 Å². The van der Waals surface area contributed by atoms with Gasteiger partial charge in [0.25, 0.3) is 0 Å². The molecule has 1 atom stereocenters. The third kappa shape index (κ3) is 5.94. The van der Waals surface area contributed by atoms with Crippen LogP contribution in [0.5, 0.6) is 0 Å². The van der Waals surface area contributed by atoms with Crippen LogP contribution in [0.4, 0.5) is 0 Å². The fourth-order valence-electron chi connectivity index (χ4n) is 5.83. The largest absolute Gasteiger partial charge is 0.465 e. The predicted octanol–water partition coefficient (Wildman–Crippen LogP) is 2.98. The van der Waals surface area contributed by atoms with Crippen LogP contribution in [0.25, 0.3) is 0 Å². The van der Waals surface area contributed by atoms with Crippen LogP contribution in [-0.4, -0.2) is 79.8 Å². The Morgan fingerprint density at radius 2 is 1.88 bits per heavy atom. The van der Waals surface area contributed by atoms with Gasteiger partial charge in [0.05, 0.1) is 25.9 Å². The lowest BCUT2D eigenvalue weighted by molar-refractivity contribution is -0.133. The highest BCUT2D eigenvalue weighted by atomic mass is 16.5. The number of benzene rings is 1. The van der Waals surface area contributed by atoms with Crippen LogP contribution >= 0.6 is 0 Å². The number of ether oxygens (including phenoxy) is 2. The number of methoxy groups -OCH3 is 1. The van der Waals surface area contributed by atoms with Gasteiger partial charge in [-0.3, -0.25) is 9.69 Å². The number of hydrogen-bond donors (Lipinski definition) is 1. The monoisotopic (exact) mass is 457 g/mol. The molecule has 1 N–H and O–H groups in total. The Kier molecular flexibility index (Phi) is 8.39. The van der Waals surface area contributed by atoms with Gasteiger partial charge in [-0.15, -0.1) is 0 Å². The standard InChI is InChI=1S/C26H39N3O4/c1-32-25(31)22-7-5-21(6-8-22)19-27-14-11-23-9-10-24(30)29(23)20-26(12-3-2-4-13-26)28-15-17-33-18-16-28/h5-8,23,27H,2-4,9-20H2,1H3. The summed E-state index contributed by atoms with van der Waals surface area (Å²) in [5, 5.41) is 3.52.